The van der Waals surface area contributed by atoms with E-state index >= 15 is 0 Å². The van der Waals surface area contributed by atoms with Gasteiger partial charge in [0.1, 0.15) is 5.75 Å². The van der Waals surface area contributed by atoms with Gasteiger partial charge < -0.3 is 10.1 Å². The first-order chi connectivity index (χ1) is 9.50. The van der Waals surface area contributed by atoms with Crippen LogP contribution in [0.4, 0.5) is 13.2 Å². The van der Waals surface area contributed by atoms with Gasteiger partial charge in [0.05, 0.1) is 12.2 Å². The van der Waals surface area contributed by atoms with Crippen LogP contribution in [0.25, 0.3) is 0 Å². The van der Waals surface area contributed by atoms with Gasteiger partial charge in [-0.05, 0) is 43.5 Å². The topological polar surface area (TPSA) is 21.3 Å². The number of halogens is 3. The standard InChI is InChI=1S/C15H20F3NO/c1-19-9-12-6-7-14(13(8-12)15(16,17)18)20-10-11-4-2-3-5-11/h6-8,11,19H,2-5,9-10H2,1H3. The highest BCUT2D eigenvalue weighted by molar-refractivity contribution is 5.39. The van der Waals surface area contributed by atoms with E-state index in [1.807, 2.05) is 0 Å². The third-order valence-corrected chi connectivity index (χ3v) is 3.68. The van der Waals surface area contributed by atoms with E-state index in [-0.39, 0.29) is 5.75 Å². The minimum atomic E-state index is -4.38. The first-order valence-electron chi connectivity index (χ1n) is 6.98. The fraction of sp³-hybridized carbons (Fsp3) is 0.600. The molecule has 0 aliphatic heterocycles. The average Bonchev–Trinajstić information content (AvgIpc) is 2.89. The molecule has 1 N–H and O–H groups in total. The molecule has 0 saturated heterocycles. The van der Waals surface area contributed by atoms with Crippen molar-refractivity contribution < 1.29 is 17.9 Å². The van der Waals surface area contributed by atoms with Gasteiger partial charge in [0.15, 0.2) is 0 Å². The summed E-state index contributed by atoms with van der Waals surface area (Å²) in [6.45, 7) is 0.792. The van der Waals surface area contributed by atoms with Crippen molar-refractivity contribution in [2.24, 2.45) is 5.92 Å². The van der Waals surface area contributed by atoms with Crippen molar-refractivity contribution in [1.29, 1.82) is 0 Å². The normalized spacial score (nSPS) is 16.6. The second kappa shape index (κ2) is 6.48. The van der Waals surface area contributed by atoms with E-state index in [1.54, 1.807) is 13.1 Å². The SMILES string of the molecule is CNCc1ccc(OCC2CCCC2)c(C(F)(F)F)c1. The van der Waals surface area contributed by atoms with Gasteiger partial charge in [-0.2, -0.15) is 13.2 Å². The van der Waals surface area contributed by atoms with Crippen LogP contribution >= 0.6 is 0 Å². The Balaban J connectivity index is 2.13. The van der Waals surface area contributed by atoms with E-state index in [0.29, 0.717) is 24.6 Å². The number of benzene rings is 1. The Morgan fingerprint density at radius 1 is 1.25 bits per heavy atom. The monoisotopic (exact) mass is 287 g/mol. The molecule has 0 aromatic heterocycles. The van der Waals surface area contributed by atoms with Crippen LogP contribution in [0, 0.1) is 5.92 Å². The van der Waals surface area contributed by atoms with Gasteiger partial charge in [-0.3, -0.25) is 0 Å². The highest BCUT2D eigenvalue weighted by atomic mass is 19.4. The molecule has 2 rings (SSSR count). The summed E-state index contributed by atoms with van der Waals surface area (Å²) in [6, 6.07) is 4.28. The van der Waals surface area contributed by atoms with Gasteiger partial charge in [0.25, 0.3) is 0 Å². The molecular weight excluding hydrogens is 267 g/mol. The zero-order valence-electron chi connectivity index (χ0n) is 11.6. The van der Waals surface area contributed by atoms with Crippen LogP contribution in [-0.4, -0.2) is 13.7 Å². The predicted octanol–water partition coefficient (Wildman–Crippen LogP) is 3.99. The Morgan fingerprint density at radius 2 is 1.95 bits per heavy atom. The lowest BCUT2D eigenvalue weighted by molar-refractivity contribution is -0.139. The third-order valence-electron chi connectivity index (χ3n) is 3.68. The van der Waals surface area contributed by atoms with Crippen LogP contribution in [0.3, 0.4) is 0 Å². The maximum absolute atomic E-state index is 13.1. The zero-order chi connectivity index (χ0) is 14.6. The van der Waals surface area contributed by atoms with Crippen LogP contribution in [0.2, 0.25) is 0 Å². The third kappa shape index (κ3) is 3.88. The lowest BCUT2D eigenvalue weighted by atomic mass is 10.1. The molecule has 0 heterocycles. The van der Waals surface area contributed by atoms with Crippen molar-refractivity contribution in [2.75, 3.05) is 13.7 Å². The molecule has 1 aliphatic carbocycles. The molecule has 0 radical (unpaired) electrons. The maximum atomic E-state index is 13.1. The summed E-state index contributed by atoms with van der Waals surface area (Å²) < 4.78 is 44.6. The molecule has 0 amide bonds. The van der Waals surface area contributed by atoms with Gasteiger partial charge in [-0.15, -0.1) is 0 Å². The van der Waals surface area contributed by atoms with E-state index in [4.69, 9.17) is 4.74 Å². The minimum absolute atomic E-state index is 0.0516. The Hall–Kier alpha value is -1.23. The van der Waals surface area contributed by atoms with Crippen molar-refractivity contribution in [3.05, 3.63) is 29.3 Å². The van der Waals surface area contributed by atoms with Crippen molar-refractivity contribution >= 4 is 0 Å². The molecule has 0 unspecified atom stereocenters. The summed E-state index contributed by atoms with van der Waals surface area (Å²) in [5.74, 6) is 0.345. The largest absolute Gasteiger partial charge is 0.493 e. The Kier molecular flexibility index (Phi) is 4.91. The molecular formula is C15H20F3NO. The van der Waals surface area contributed by atoms with Crippen molar-refractivity contribution in [1.82, 2.24) is 5.32 Å². The van der Waals surface area contributed by atoms with E-state index < -0.39 is 11.7 Å². The highest BCUT2D eigenvalue weighted by Gasteiger charge is 2.34. The summed E-state index contributed by atoms with van der Waals surface area (Å²) in [4.78, 5) is 0. The van der Waals surface area contributed by atoms with Gasteiger partial charge in [-0.1, -0.05) is 18.9 Å². The molecule has 20 heavy (non-hydrogen) atoms. The molecule has 1 saturated carbocycles. The minimum Gasteiger partial charge on any atom is -0.493 e. The number of hydrogen-bond acceptors (Lipinski definition) is 2. The fourth-order valence-corrected chi connectivity index (χ4v) is 2.62. The van der Waals surface area contributed by atoms with Crippen LogP contribution < -0.4 is 10.1 Å². The average molecular weight is 287 g/mol. The number of hydrogen-bond donors (Lipinski definition) is 1. The van der Waals surface area contributed by atoms with Crippen LogP contribution in [0.15, 0.2) is 18.2 Å². The van der Waals surface area contributed by atoms with Crippen LogP contribution in [0.5, 0.6) is 5.75 Å². The van der Waals surface area contributed by atoms with Gasteiger partial charge in [0.2, 0.25) is 0 Å². The Bertz CT molecular complexity index is 439. The van der Waals surface area contributed by atoms with Gasteiger partial charge in [0, 0.05) is 6.54 Å². The Morgan fingerprint density at radius 3 is 2.55 bits per heavy atom. The molecule has 5 heteroatoms. The lowest BCUT2D eigenvalue weighted by Crippen LogP contribution is -2.14. The second-order valence-corrected chi connectivity index (χ2v) is 5.32. The van der Waals surface area contributed by atoms with Gasteiger partial charge in [-0.25, -0.2) is 0 Å². The molecule has 0 spiro atoms. The summed E-state index contributed by atoms with van der Waals surface area (Å²) in [7, 11) is 1.71. The summed E-state index contributed by atoms with van der Waals surface area (Å²) in [5.41, 5.74) is -0.0729. The van der Waals surface area contributed by atoms with Crippen LogP contribution in [0.1, 0.15) is 36.8 Å². The quantitative estimate of drug-likeness (QED) is 0.884. The van der Waals surface area contributed by atoms with E-state index in [1.165, 1.54) is 12.1 Å². The molecule has 1 aromatic carbocycles. The molecule has 1 aromatic rings. The molecule has 1 fully saturated rings. The Labute approximate surface area is 117 Å². The summed E-state index contributed by atoms with van der Waals surface area (Å²) >= 11 is 0. The van der Waals surface area contributed by atoms with Gasteiger partial charge >= 0.3 is 6.18 Å². The fourth-order valence-electron chi connectivity index (χ4n) is 2.62. The molecule has 1 aliphatic rings. The van der Waals surface area contributed by atoms with Crippen molar-refractivity contribution in [3.63, 3.8) is 0 Å². The number of rotatable bonds is 5. The van der Waals surface area contributed by atoms with E-state index in [9.17, 15) is 13.2 Å². The first-order valence-corrected chi connectivity index (χ1v) is 6.98. The van der Waals surface area contributed by atoms with E-state index in [0.717, 1.165) is 25.7 Å². The van der Waals surface area contributed by atoms with E-state index in [2.05, 4.69) is 5.32 Å². The summed E-state index contributed by atoms with van der Waals surface area (Å²) in [6.07, 6.45) is 0.0374. The van der Waals surface area contributed by atoms with Crippen molar-refractivity contribution in [2.45, 2.75) is 38.4 Å². The number of ether oxygens (including phenoxy) is 1. The first kappa shape index (κ1) is 15.2. The molecule has 0 bridgehead atoms. The number of nitrogens with one attached hydrogen (secondary N) is 1. The smallest absolute Gasteiger partial charge is 0.419 e. The predicted molar refractivity (Wildman–Crippen MR) is 71.7 cm³/mol. The highest BCUT2D eigenvalue weighted by Crippen LogP contribution is 2.37. The summed E-state index contributed by atoms with van der Waals surface area (Å²) in [5, 5.41) is 2.85. The zero-order valence-corrected chi connectivity index (χ0v) is 11.6. The maximum Gasteiger partial charge on any atom is 0.419 e. The molecule has 112 valence electrons. The number of alkyl halides is 3. The van der Waals surface area contributed by atoms with Crippen LogP contribution in [-0.2, 0) is 12.7 Å². The van der Waals surface area contributed by atoms with Crippen molar-refractivity contribution in [3.8, 4) is 5.75 Å². The molecule has 0 atom stereocenters. The second-order valence-electron chi connectivity index (χ2n) is 5.32. The molecule has 2 nitrogen and oxygen atoms in total. The lowest BCUT2D eigenvalue weighted by Gasteiger charge is -2.17.